The lowest BCUT2D eigenvalue weighted by atomic mass is 10.1. The van der Waals surface area contributed by atoms with Gasteiger partial charge in [-0.15, -0.1) is 0 Å². The first-order valence-corrected chi connectivity index (χ1v) is 8.58. The van der Waals surface area contributed by atoms with Crippen molar-refractivity contribution < 1.29 is 13.2 Å². The summed E-state index contributed by atoms with van der Waals surface area (Å²) in [6, 6.07) is 12.2. The van der Waals surface area contributed by atoms with Crippen LogP contribution in [0.25, 0.3) is 16.6 Å². The van der Waals surface area contributed by atoms with Crippen LogP contribution in [-0.4, -0.2) is 9.55 Å². The molecule has 3 rings (SSSR count). The van der Waals surface area contributed by atoms with Gasteiger partial charge in [-0.2, -0.15) is 13.2 Å². The van der Waals surface area contributed by atoms with Crippen molar-refractivity contribution in [2.24, 2.45) is 0 Å². The summed E-state index contributed by atoms with van der Waals surface area (Å²) in [6.07, 6.45) is -4.00. The summed E-state index contributed by atoms with van der Waals surface area (Å²) in [7, 11) is 0. The smallest absolute Gasteiger partial charge is 0.268 e. The van der Waals surface area contributed by atoms with Gasteiger partial charge in [0.2, 0.25) is 0 Å². The molecule has 0 spiro atoms. The molecule has 1 unspecified atom stereocenters. The maximum absolute atomic E-state index is 13.4. The van der Waals surface area contributed by atoms with Crippen molar-refractivity contribution in [1.82, 2.24) is 9.55 Å². The molecule has 2 aromatic carbocycles. The van der Waals surface area contributed by atoms with Crippen LogP contribution >= 0.6 is 15.9 Å². The number of alkyl halides is 4. The van der Waals surface area contributed by atoms with E-state index in [-0.39, 0.29) is 10.3 Å². The standard InChI is InChI=1S/C18H14BrF3N2O/c1-2-13(19)16-23-14-10-6-9-12(18(20,21)22)15(14)17(25)24(16)11-7-4-3-5-8-11/h3-10,13H,2H2,1H3. The molecule has 3 nitrogen and oxygen atoms in total. The fourth-order valence-corrected chi connectivity index (χ4v) is 3.01. The molecule has 25 heavy (non-hydrogen) atoms. The average Bonchev–Trinajstić information content (AvgIpc) is 2.60. The van der Waals surface area contributed by atoms with Crippen LogP contribution in [0.5, 0.6) is 0 Å². The molecule has 7 heteroatoms. The lowest BCUT2D eigenvalue weighted by molar-refractivity contribution is -0.136. The van der Waals surface area contributed by atoms with Gasteiger partial charge < -0.3 is 0 Å². The Kier molecular flexibility index (Phi) is 4.69. The highest BCUT2D eigenvalue weighted by molar-refractivity contribution is 9.09. The summed E-state index contributed by atoms with van der Waals surface area (Å²) in [5.41, 5.74) is -1.18. The molecule has 0 aliphatic carbocycles. The van der Waals surface area contributed by atoms with Crippen LogP contribution in [0.15, 0.2) is 53.3 Å². The largest absolute Gasteiger partial charge is 0.417 e. The van der Waals surface area contributed by atoms with E-state index in [0.717, 1.165) is 6.07 Å². The SMILES string of the molecule is CCC(Br)c1nc2cccc(C(F)(F)F)c2c(=O)n1-c1ccccc1. The van der Waals surface area contributed by atoms with Crippen molar-refractivity contribution in [2.45, 2.75) is 24.3 Å². The van der Waals surface area contributed by atoms with E-state index in [1.807, 2.05) is 6.92 Å². The van der Waals surface area contributed by atoms with Crippen LogP contribution in [0, 0.1) is 0 Å². The molecule has 1 aromatic heterocycles. The van der Waals surface area contributed by atoms with E-state index in [1.165, 1.54) is 16.7 Å². The van der Waals surface area contributed by atoms with Crippen LogP contribution in [0.3, 0.4) is 0 Å². The molecular formula is C18H14BrF3N2O. The molecule has 1 atom stereocenters. The molecule has 0 aliphatic rings. The number of fused-ring (bicyclic) bond motifs is 1. The number of aromatic nitrogens is 2. The van der Waals surface area contributed by atoms with E-state index in [1.54, 1.807) is 30.3 Å². The fourth-order valence-electron chi connectivity index (χ4n) is 2.70. The molecule has 3 aromatic rings. The van der Waals surface area contributed by atoms with E-state index in [0.29, 0.717) is 17.9 Å². The van der Waals surface area contributed by atoms with Gasteiger partial charge in [-0.25, -0.2) is 4.98 Å². The van der Waals surface area contributed by atoms with Crippen LogP contribution in [-0.2, 0) is 6.18 Å². The molecule has 130 valence electrons. The van der Waals surface area contributed by atoms with Crippen molar-refractivity contribution in [3.63, 3.8) is 0 Å². The molecule has 0 saturated heterocycles. The summed E-state index contributed by atoms with van der Waals surface area (Å²) in [4.78, 5) is 17.1. The first-order chi connectivity index (χ1) is 11.8. The lowest BCUT2D eigenvalue weighted by Crippen LogP contribution is -2.26. The molecule has 0 saturated carbocycles. The number of hydrogen-bond acceptors (Lipinski definition) is 2. The average molecular weight is 411 g/mol. The van der Waals surface area contributed by atoms with E-state index >= 15 is 0 Å². The Balaban J connectivity index is 2.47. The van der Waals surface area contributed by atoms with Crippen molar-refractivity contribution in [3.05, 3.63) is 70.3 Å². The normalized spacial score (nSPS) is 13.2. The quantitative estimate of drug-likeness (QED) is 0.552. The predicted octanol–water partition coefficient (Wildman–Crippen LogP) is 5.25. The summed E-state index contributed by atoms with van der Waals surface area (Å²) in [5.74, 6) is 0.380. The Morgan fingerprint density at radius 2 is 1.80 bits per heavy atom. The molecule has 0 aliphatic heterocycles. The van der Waals surface area contributed by atoms with E-state index in [4.69, 9.17) is 0 Å². The number of para-hydroxylation sites is 1. The Labute approximate surface area is 150 Å². The minimum absolute atomic E-state index is 0.0416. The molecule has 0 radical (unpaired) electrons. The first kappa shape index (κ1) is 17.7. The highest BCUT2D eigenvalue weighted by Gasteiger charge is 2.34. The second-order valence-electron chi connectivity index (χ2n) is 5.52. The van der Waals surface area contributed by atoms with E-state index in [9.17, 15) is 18.0 Å². The van der Waals surface area contributed by atoms with Gasteiger partial charge in [0.25, 0.3) is 5.56 Å². The van der Waals surface area contributed by atoms with Gasteiger partial charge >= 0.3 is 6.18 Å². The van der Waals surface area contributed by atoms with Crippen molar-refractivity contribution in [3.8, 4) is 5.69 Å². The Morgan fingerprint density at radius 1 is 1.12 bits per heavy atom. The monoisotopic (exact) mass is 410 g/mol. The lowest BCUT2D eigenvalue weighted by Gasteiger charge is -2.18. The second kappa shape index (κ2) is 6.63. The van der Waals surface area contributed by atoms with Crippen LogP contribution < -0.4 is 5.56 Å². The van der Waals surface area contributed by atoms with Gasteiger partial charge in [0.15, 0.2) is 0 Å². The molecule has 0 bridgehead atoms. The molecule has 0 amide bonds. The summed E-state index contributed by atoms with van der Waals surface area (Å²) in [5, 5.41) is -0.418. The highest BCUT2D eigenvalue weighted by atomic mass is 79.9. The topological polar surface area (TPSA) is 34.9 Å². The van der Waals surface area contributed by atoms with Gasteiger partial charge in [-0.05, 0) is 30.7 Å². The van der Waals surface area contributed by atoms with Crippen molar-refractivity contribution in [1.29, 1.82) is 0 Å². The number of benzene rings is 2. The van der Waals surface area contributed by atoms with E-state index < -0.39 is 22.7 Å². The maximum Gasteiger partial charge on any atom is 0.417 e. The third-order valence-electron chi connectivity index (χ3n) is 3.88. The number of rotatable bonds is 3. The zero-order chi connectivity index (χ0) is 18.2. The number of nitrogens with zero attached hydrogens (tertiary/aromatic N) is 2. The number of hydrogen-bond donors (Lipinski definition) is 0. The highest BCUT2D eigenvalue weighted by Crippen LogP contribution is 2.34. The van der Waals surface area contributed by atoms with Gasteiger partial charge in [0.1, 0.15) is 5.82 Å². The third-order valence-corrected chi connectivity index (χ3v) is 4.94. The summed E-state index contributed by atoms with van der Waals surface area (Å²) >= 11 is 3.47. The van der Waals surface area contributed by atoms with Gasteiger partial charge in [0.05, 0.1) is 27.0 Å². The number of halogens is 4. The Hall–Kier alpha value is -2.15. The van der Waals surface area contributed by atoms with Gasteiger partial charge in [0, 0.05) is 0 Å². The minimum Gasteiger partial charge on any atom is -0.268 e. The zero-order valence-corrected chi connectivity index (χ0v) is 14.8. The van der Waals surface area contributed by atoms with Crippen LogP contribution in [0.4, 0.5) is 13.2 Å². The van der Waals surface area contributed by atoms with Gasteiger partial charge in [-0.1, -0.05) is 47.1 Å². The van der Waals surface area contributed by atoms with Crippen LogP contribution in [0.2, 0.25) is 0 Å². The summed E-state index contributed by atoms with van der Waals surface area (Å²) in [6.45, 7) is 1.90. The Bertz CT molecular complexity index is 968. The van der Waals surface area contributed by atoms with Crippen LogP contribution in [0.1, 0.15) is 29.6 Å². The predicted molar refractivity (Wildman–Crippen MR) is 94.3 cm³/mol. The van der Waals surface area contributed by atoms with Gasteiger partial charge in [-0.3, -0.25) is 9.36 Å². The second-order valence-corrected chi connectivity index (χ2v) is 6.62. The third kappa shape index (κ3) is 3.20. The van der Waals surface area contributed by atoms with Crippen molar-refractivity contribution >= 4 is 26.8 Å². The molecule has 0 N–H and O–H groups in total. The van der Waals surface area contributed by atoms with E-state index in [2.05, 4.69) is 20.9 Å². The van der Waals surface area contributed by atoms with Crippen molar-refractivity contribution in [2.75, 3.05) is 0 Å². The minimum atomic E-state index is -4.63. The maximum atomic E-state index is 13.4. The fraction of sp³-hybridized carbons (Fsp3) is 0.222. The molecular weight excluding hydrogens is 397 g/mol. The zero-order valence-electron chi connectivity index (χ0n) is 13.2. The molecule has 0 fully saturated rings. The first-order valence-electron chi connectivity index (χ1n) is 7.67. The summed E-state index contributed by atoms with van der Waals surface area (Å²) < 4.78 is 41.4. The Morgan fingerprint density at radius 3 is 2.40 bits per heavy atom. The molecule has 1 heterocycles.